The Morgan fingerprint density at radius 1 is 1.24 bits per heavy atom. The van der Waals surface area contributed by atoms with Crippen LogP contribution < -0.4 is 5.32 Å². The lowest BCUT2D eigenvalue weighted by atomic mass is 9.79. The average molecular weight is 299 g/mol. The molecule has 118 valence electrons. The lowest BCUT2D eigenvalue weighted by Gasteiger charge is -2.31. The monoisotopic (exact) mass is 299 g/mol. The van der Waals surface area contributed by atoms with Crippen LogP contribution in [0.1, 0.15) is 49.0 Å². The predicted molar refractivity (Wildman–Crippen MR) is 78.1 cm³/mol. The molecular formula is C16H23F2NO2. The van der Waals surface area contributed by atoms with Crippen LogP contribution in [0.2, 0.25) is 0 Å². The van der Waals surface area contributed by atoms with Crippen molar-refractivity contribution in [2.24, 2.45) is 5.41 Å². The fraction of sp³-hybridized carbons (Fsp3) is 0.562. The van der Waals surface area contributed by atoms with Crippen molar-refractivity contribution in [2.75, 3.05) is 13.2 Å². The number of halogens is 2. The molecule has 0 unspecified atom stereocenters. The van der Waals surface area contributed by atoms with E-state index < -0.39 is 17.5 Å². The van der Waals surface area contributed by atoms with Gasteiger partial charge >= 0.3 is 0 Å². The molecule has 0 spiro atoms. The number of carbonyl (C=O) groups excluding carboxylic acids is 1. The van der Waals surface area contributed by atoms with E-state index in [-0.39, 0.29) is 23.1 Å². The van der Waals surface area contributed by atoms with E-state index >= 15 is 0 Å². The van der Waals surface area contributed by atoms with Crippen molar-refractivity contribution in [2.45, 2.75) is 40.0 Å². The van der Waals surface area contributed by atoms with Crippen molar-refractivity contribution >= 4 is 5.91 Å². The lowest BCUT2D eigenvalue weighted by molar-refractivity contribution is 0.0902. The van der Waals surface area contributed by atoms with Crippen LogP contribution in [0.4, 0.5) is 8.78 Å². The Hall–Kier alpha value is -1.49. The van der Waals surface area contributed by atoms with Gasteiger partial charge in [0.05, 0.1) is 5.56 Å². The molecule has 1 aromatic carbocycles. The van der Waals surface area contributed by atoms with Crippen LogP contribution in [0.3, 0.4) is 0 Å². The van der Waals surface area contributed by atoms with Crippen molar-refractivity contribution < 1.29 is 18.7 Å². The summed E-state index contributed by atoms with van der Waals surface area (Å²) in [6.07, 6.45) is 2.13. The zero-order valence-corrected chi connectivity index (χ0v) is 12.8. The minimum Gasteiger partial charge on any atom is -0.396 e. The molecule has 0 heterocycles. The summed E-state index contributed by atoms with van der Waals surface area (Å²) in [7, 11) is 0. The van der Waals surface area contributed by atoms with Crippen LogP contribution in [0, 0.1) is 24.0 Å². The molecule has 0 aliphatic carbocycles. The maximum Gasteiger partial charge on any atom is 0.254 e. The third-order valence-corrected chi connectivity index (χ3v) is 4.26. The summed E-state index contributed by atoms with van der Waals surface area (Å²) in [5.74, 6) is -1.96. The third-order valence-electron chi connectivity index (χ3n) is 4.26. The average Bonchev–Trinajstić information content (AvgIpc) is 2.47. The van der Waals surface area contributed by atoms with E-state index in [1.54, 1.807) is 0 Å². The largest absolute Gasteiger partial charge is 0.396 e. The zero-order valence-electron chi connectivity index (χ0n) is 12.8. The first-order chi connectivity index (χ1) is 9.89. The maximum atomic E-state index is 13.7. The fourth-order valence-electron chi connectivity index (χ4n) is 2.36. The molecule has 0 radical (unpaired) electrons. The summed E-state index contributed by atoms with van der Waals surface area (Å²) in [5.41, 5.74) is -0.339. The lowest BCUT2D eigenvalue weighted by Crippen LogP contribution is -2.38. The van der Waals surface area contributed by atoms with Crippen molar-refractivity contribution in [3.05, 3.63) is 34.9 Å². The molecule has 5 heteroatoms. The molecule has 1 amide bonds. The number of rotatable bonds is 7. The molecule has 1 aromatic rings. The Morgan fingerprint density at radius 2 is 1.86 bits per heavy atom. The molecule has 21 heavy (non-hydrogen) atoms. The highest BCUT2D eigenvalue weighted by molar-refractivity contribution is 5.94. The zero-order chi connectivity index (χ0) is 16.0. The molecule has 0 fully saturated rings. The fourth-order valence-corrected chi connectivity index (χ4v) is 2.36. The van der Waals surface area contributed by atoms with Crippen LogP contribution >= 0.6 is 0 Å². The van der Waals surface area contributed by atoms with E-state index in [4.69, 9.17) is 5.11 Å². The van der Waals surface area contributed by atoms with Gasteiger partial charge in [-0.3, -0.25) is 4.79 Å². The molecule has 0 bridgehead atoms. The van der Waals surface area contributed by atoms with Gasteiger partial charge in [0.2, 0.25) is 0 Å². The summed E-state index contributed by atoms with van der Waals surface area (Å²) in [6, 6.07) is 1.94. The summed E-state index contributed by atoms with van der Waals surface area (Å²) in [6.45, 7) is 5.77. The topological polar surface area (TPSA) is 49.3 Å². The van der Waals surface area contributed by atoms with Gasteiger partial charge in [-0.1, -0.05) is 13.8 Å². The van der Waals surface area contributed by atoms with E-state index in [0.29, 0.717) is 13.0 Å². The van der Waals surface area contributed by atoms with Crippen LogP contribution in [0.25, 0.3) is 0 Å². The first-order valence-electron chi connectivity index (χ1n) is 7.23. The molecule has 0 atom stereocenters. The van der Waals surface area contributed by atoms with Crippen molar-refractivity contribution in [1.29, 1.82) is 0 Å². The Bertz CT molecular complexity index is 499. The Kier molecular flexibility index (Phi) is 6.27. The number of hydrogen-bond acceptors (Lipinski definition) is 2. The van der Waals surface area contributed by atoms with Gasteiger partial charge in [0.25, 0.3) is 5.91 Å². The van der Waals surface area contributed by atoms with Gasteiger partial charge in [0.15, 0.2) is 0 Å². The van der Waals surface area contributed by atoms with E-state index in [1.807, 2.05) is 13.8 Å². The van der Waals surface area contributed by atoms with E-state index in [0.717, 1.165) is 25.0 Å². The Morgan fingerprint density at radius 3 is 2.38 bits per heavy atom. The number of aliphatic hydroxyl groups excluding tert-OH is 1. The van der Waals surface area contributed by atoms with Crippen LogP contribution in [-0.4, -0.2) is 24.2 Å². The van der Waals surface area contributed by atoms with E-state index in [1.165, 1.54) is 6.92 Å². The minimum absolute atomic E-state index is 0.0328. The highest BCUT2D eigenvalue weighted by atomic mass is 19.1. The van der Waals surface area contributed by atoms with Gasteiger partial charge in [-0.05, 0) is 49.3 Å². The second-order valence-corrected chi connectivity index (χ2v) is 5.44. The van der Waals surface area contributed by atoms with Gasteiger partial charge in [-0.15, -0.1) is 0 Å². The van der Waals surface area contributed by atoms with E-state index in [9.17, 15) is 13.6 Å². The van der Waals surface area contributed by atoms with Gasteiger partial charge < -0.3 is 10.4 Å². The summed E-state index contributed by atoms with van der Waals surface area (Å²) >= 11 is 0. The van der Waals surface area contributed by atoms with Crippen LogP contribution in [0.5, 0.6) is 0 Å². The van der Waals surface area contributed by atoms with Crippen molar-refractivity contribution in [3.63, 3.8) is 0 Å². The van der Waals surface area contributed by atoms with E-state index in [2.05, 4.69) is 5.32 Å². The number of aliphatic hydroxyl groups is 1. The molecule has 1 rings (SSSR count). The summed E-state index contributed by atoms with van der Waals surface area (Å²) < 4.78 is 27.2. The normalized spacial score (nSPS) is 11.5. The van der Waals surface area contributed by atoms with Crippen LogP contribution in [-0.2, 0) is 0 Å². The first-order valence-corrected chi connectivity index (χ1v) is 7.23. The van der Waals surface area contributed by atoms with Crippen LogP contribution in [0.15, 0.2) is 12.1 Å². The predicted octanol–water partition coefficient (Wildman–Crippen LogP) is 3.19. The first kappa shape index (κ1) is 17.6. The molecule has 0 aromatic heterocycles. The van der Waals surface area contributed by atoms with Gasteiger partial charge in [0, 0.05) is 13.2 Å². The molecule has 0 saturated heterocycles. The van der Waals surface area contributed by atoms with Gasteiger partial charge in [0.1, 0.15) is 11.6 Å². The van der Waals surface area contributed by atoms with Crippen molar-refractivity contribution in [1.82, 2.24) is 5.32 Å². The van der Waals surface area contributed by atoms with Gasteiger partial charge in [-0.25, -0.2) is 8.78 Å². The molecule has 0 aliphatic rings. The number of benzene rings is 1. The molecule has 0 aliphatic heterocycles. The quantitative estimate of drug-likeness (QED) is 0.812. The van der Waals surface area contributed by atoms with Gasteiger partial charge in [-0.2, -0.15) is 0 Å². The SMILES string of the molecule is CCC(CC)(CCO)CNC(=O)c1cc(F)c(C)cc1F. The molecule has 2 N–H and O–H groups in total. The Balaban J connectivity index is 2.84. The highest BCUT2D eigenvalue weighted by Crippen LogP contribution is 2.29. The smallest absolute Gasteiger partial charge is 0.254 e. The molecule has 0 saturated carbocycles. The summed E-state index contributed by atoms with van der Waals surface area (Å²) in [5, 5.41) is 11.8. The summed E-state index contributed by atoms with van der Waals surface area (Å²) in [4.78, 5) is 12.0. The second-order valence-electron chi connectivity index (χ2n) is 5.44. The number of nitrogens with one attached hydrogen (secondary N) is 1. The standard InChI is InChI=1S/C16H23F2NO2/c1-4-16(5-2,6-7-20)10-19-15(21)12-9-13(17)11(3)8-14(12)18/h8-9,20H,4-7,10H2,1-3H3,(H,19,21). The molecular weight excluding hydrogens is 276 g/mol. The minimum atomic E-state index is -0.729. The third kappa shape index (κ3) is 4.24. The second kappa shape index (κ2) is 7.50. The maximum absolute atomic E-state index is 13.7. The number of amides is 1. The highest BCUT2D eigenvalue weighted by Gasteiger charge is 2.27. The molecule has 3 nitrogen and oxygen atoms in total. The number of carbonyl (C=O) groups is 1. The number of hydrogen-bond donors (Lipinski definition) is 2. The Labute approximate surface area is 124 Å². The van der Waals surface area contributed by atoms with Crippen molar-refractivity contribution in [3.8, 4) is 0 Å². The number of aryl methyl sites for hydroxylation is 1.